The maximum Gasteiger partial charge on any atom is 0.431 e. The Labute approximate surface area is 153 Å². The van der Waals surface area contributed by atoms with Crippen molar-refractivity contribution in [3.8, 4) is 5.69 Å². The van der Waals surface area contributed by atoms with Crippen LogP contribution in [0.2, 0.25) is 5.02 Å². The number of benzene rings is 1. The molecule has 0 aliphatic rings. The summed E-state index contributed by atoms with van der Waals surface area (Å²) in [7, 11) is -3.84. The second-order valence-electron chi connectivity index (χ2n) is 5.61. The summed E-state index contributed by atoms with van der Waals surface area (Å²) in [5.41, 5.74) is -4.55. The zero-order chi connectivity index (χ0) is 20.3. The molecule has 0 bridgehead atoms. The predicted octanol–water partition coefficient (Wildman–Crippen LogP) is 1.66. The number of aromatic amines is 1. The fourth-order valence-electron chi connectivity index (χ4n) is 2.68. The first-order valence-corrected chi connectivity index (χ1v) is 9.37. The highest BCUT2D eigenvalue weighted by atomic mass is 35.5. The van der Waals surface area contributed by atoms with E-state index in [4.69, 9.17) is 11.6 Å². The van der Waals surface area contributed by atoms with Crippen LogP contribution in [0.1, 0.15) is 11.5 Å². The quantitative estimate of drug-likeness (QED) is 0.676. The third-order valence-corrected chi connectivity index (χ3v) is 5.08. The van der Waals surface area contributed by atoms with Gasteiger partial charge < -0.3 is 4.98 Å². The van der Waals surface area contributed by atoms with E-state index in [2.05, 4.69) is 4.98 Å². The van der Waals surface area contributed by atoms with Gasteiger partial charge in [-0.05, 0) is 19.1 Å². The smallest absolute Gasteiger partial charge is 0.303 e. The number of halogens is 4. The van der Waals surface area contributed by atoms with Crippen LogP contribution < -0.4 is 11.2 Å². The standard InChI is InChI=1S/C14H10ClF3N4O4S/c1-6-19-11-8(4-3-7(15)12(11)22(6)27(2,25)26)21-10(23)5-9(14(16,17)18)20-13(21)24/h3-5H,1-2H3,(H,20,24). The monoisotopic (exact) mass is 422 g/mol. The van der Waals surface area contributed by atoms with E-state index in [1.165, 1.54) is 19.1 Å². The van der Waals surface area contributed by atoms with Gasteiger partial charge in [0.05, 0.1) is 17.0 Å². The number of aryl methyl sites for hydroxylation is 1. The molecule has 0 fully saturated rings. The van der Waals surface area contributed by atoms with Crippen LogP contribution >= 0.6 is 11.6 Å². The van der Waals surface area contributed by atoms with Gasteiger partial charge in [0.1, 0.15) is 22.6 Å². The minimum atomic E-state index is -4.92. The van der Waals surface area contributed by atoms with E-state index in [9.17, 15) is 31.2 Å². The summed E-state index contributed by atoms with van der Waals surface area (Å²) in [6.45, 7) is 1.36. The third-order valence-electron chi connectivity index (χ3n) is 3.66. The van der Waals surface area contributed by atoms with Gasteiger partial charge in [0.2, 0.25) is 10.0 Å². The molecular formula is C14H10ClF3N4O4S. The second-order valence-corrected chi connectivity index (χ2v) is 7.85. The minimum Gasteiger partial charge on any atom is -0.303 e. The van der Waals surface area contributed by atoms with Gasteiger partial charge in [0.15, 0.2) is 0 Å². The first-order valence-electron chi connectivity index (χ1n) is 7.14. The highest BCUT2D eigenvalue weighted by molar-refractivity contribution is 7.89. The summed E-state index contributed by atoms with van der Waals surface area (Å²) < 4.78 is 63.6. The Bertz CT molecular complexity index is 1270. The SMILES string of the molecule is Cc1nc2c(-n3c(=O)cc(C(F)(F)F)[nH]c3=O)ccc(Cl)c2n1S(C)(=O)=O. The molecule has 1 N–H and O–H groups in total. The highest BCUT2D eigenvalue weighted by Crippen LogP contribution is 2.30. The molecule has 0 unspecified atom stereocenters. The van der Waals surface area contributed by atoms with Crippen molar-refractivity contribution in [1.82, 2.24) is 18.5 Å². The lowest BCUT2D eigenvalue weighted by molar-refractivity contribution is -0.141. The Balaban J connectivity index is 2.44. The molecule has 144 valence electrons. The van der Waals surface area contributed by atoms with Crippen LogP contribution in [0.25, 0.3) is 16.7 Å². The van der Waals surface area contributed by atoms with Gasteiger partial charge in [0.25, 0.3) is 5.56 Å². The maximum absolute atomic E-state index is 12.8. The minimum absolute atomic E-state index is 0.00163. The van der Waals surface area contributed by atoms with E-state index in [1.807, 2.05) is 0 Å². The normalized spacial score (nSPS) is 12.7. The van der Waals surface area contributed by atoms with E-state index >= 15 is 0 Å². The first kappa shape index (κ1) is 19.2. The van der Waals surface area contributed by atoms with Gasteiger partial charge in [-0.3, -0.25) is 4.79 Å². The topological polar surface area (TPSA) is 107 Å². The van der Waals surface area contributed by atoms with E-state index in [1.54, 1.807) is 4.98 Å². The fourth-order valence-corrected chi connectivity index (χ4v) is 4.00. The van der Waals surface area contributed by atoms with Gasteiger partial charge in [-0.2, -0.15) is 13.2 Å². The number of nitrogens with one attached hydrogen (secondary N) is 1. The number of aromatic nitrogens is 4. The van der Waals surface area contributed by atoms with Crippen LogP contribution in [0, 0.1) is 6.92 Å². The summed E-state index contributed by atoms with van der Waals surface area (Å²) in [5, 5.41) is -0.0313. The number of H-pyrrole nitrogens is 1. The van der Waals surface area contributed by atoms with Crippen molar-refractivity contribution >= 4 is 32.7 Å². The molecule has 13 heteroatoms. The van der Waals surface area contributed by atoms with Crippen molar-refractivity contribution in [3.05, 3.63) is 55.6 Å². The number of rotatable bonds is 2. The number of hydrogen-bond acceptors (Lipinski definition) is 5. The van der Waals surface area contributed by atoms with Crippen LogP contribution in [-0.4, -0.2) is 33.2 Å². The molecule has 8 nitrogen and oxygen atoms in total. The number of hydrogen-bond donors (Lipinski definition) is 1. The van der Waals surface area contributed by atoms with Gasteiger partial charge >= 0.3 is 11.9 Å². The van der Waals surface area contributed by atoms with Gasteiger partial charge in [-0.15, -0.1) is 0 Å². The van der Waals surface area contributed by atoms with E-state index in [0.29, 0.717) is 4.57 Å². The van der Waals surface area contributed by atoms with Crippen molar-refractivity contribution < 1.29 is 21.6 Å². The van der Waals surface area contributed by atoms with Crippen molar-refractivity contribution in [2.24, 2.45) is 0 Å². The summed E-state index contributed by atoms with van der Waals surface area (Å²) >= 11 is 6.06. The van der Waals surface area contributed by atoms with E-state index in [-0.39, 0.29) is 33.6 Å². The molecule has 27 heavy (non-hydrogen) atoms. The molecule has 1 aromatic carbocycles. The average molecular weight is 423 g/mol. The largest absolute Gasteiger partial charge is 0.431 e. The van der Waals surface area contributed by atoms with E-state index in [0.717, 1.165) is 10.2 Å². The van der Waals surface area contributed by atoms with Crippen molar-refractivity contribution in [3.63, 3.8) is 0 Å². The molecule has 0 atom stereocenters. The lowest BCUT2D eigenvalue weighted by Gasteiger charge is -2.10. The summed E-state index contributed by atoms with van der Waals surface area (Å²) in [6, 6.07) is 2.63. The Kier molecular flexibility index (Phi) is 4.23. The highest BCUT2D eigenvalue weighted by Gasteiger charge is 2.33. The fraction of sp³-hybridized carbons (Fsp3) is 0.214. The number of fused-ring (bicyclic) bond motifs is 1. The lowest BCUT2D eigenvalue weighted by atomic mass is 10.2. The van der Waals surface area contributed by atoms with Crippen LogP contribution in [-0.2, 0) is 16.2 Å². The zero-order valence-electron chi connectivity index (χ0n) is 13.6. The van der Waals surface area contributed by atoms with Crippen molar-refractivity contribution in [2.75, 3.05) is 6.26 Å². The molecule has 0 radical (unpaired) electrons. The van der Waals surface area contributed by atoms with Crippen LogP contribution in [0.15, 0.2) is 27.8 Å². The first-order chi connectivity index (χ1) is 12.3. The molecule has 0 amide bonds. The Morgan fingerprint density at radius 2 is 1.85 bits per heavy atom. The Hall–Kier alpha value is -2.60. The van der Waals surface area contributed by atoms with Crippen LogP contribution in [0.5, 0.6) is 0 Å². The molecule has 2 heterocycles. The van der Waals surface area contributed by atoms with Gasteiger partial charge in [0, 0.05) is 6.07 Å². The van der Waals surface area contributed by atoms with Crippen LogP contribution in [0.3, 0.4) is 0 Å². The molecule has 3 aromatic rings. The van der Waals surface area contributed by atoms with Crippen molar-refractivity contribution in [1.29, 1.82) is 0 Å². The number of imidazole rings is 1. The van der Waals surface area contributed by atoms with Gasteiger partial charge in [-0.1, -0.05) is 11.6 Å². The Morgan fingerprint density at radius 1 is 1.22 bits per heavy atom. The maximum atomic E-state index is 12.8. The molecule has 0 saturated carbocycles. The number of nitrogens with zero attached hydrogens (tertiary/aromatic N) is 3. The number of alkyl halides is 3. The van der Waals surface area contributed by atoms with Gasteiger partial charge in [-0.25, -0.2) is 26.7 Å². The predicted molar refractivity (Wildman–Crippen MR) is 90.9 cm³/mol. The van der Waals surface area contributed by atoms with Crippen molar-refractivity contribution in [2.45, 2.75) is 13.1 Å². The summed E-state index contributed by atoms with van der Waals surface area (Å²) in [6.07, 6.45) is -4.01. The molecule has 3 rings (SSSR count). The van der Waals surface area contributed by atoms with Crippen LogP contribution in [0.4, 0.5) is 13.2 Å². The summed E-state index contributed by atoms with van der Waals surface area (Å²) in [5.74, 6) is -0.00163. The van der Waals surface area contributed by atoms with E-state index < -0.39 is 33.1 Å². The zero-order valence-corrected chi connectivity index (χ0v) is 15.2. The third kappa shape index (κ3) is 3.14. The molecule has 0 aliphatic heterocycles. The second kappa shape index (κ2) is 5.96. The summed E-state index contributed by atoms with van der Waals surface area (Å²) in [4.78, 5) is 29.9. The molecule has 0 saturated heterocycles. The Morgan fingerprint density at radius 3 is 2.37 bits per heavy atom. The molecule has 0 spiro atoms. The lowest BCUT2D eigenvalue weighted by Crippen LogP contribution is -2.36. The average Bonchev–Trinajstić information content (AvgIpc) is 2.85. The molecule has 2 aromatic heterocycles. The molecular weight excluding hydrogens is 413 g/mol. The molecule has 0 aliphatic carbocycles.